The summed E-state index contributed by atoms with van der Waals surface area (Å²) in [6.07, 6.45) is 28.0. The largest absolute Gasteiger partial charge is 0.311 e. The zero-order valence-electron chi connectivity index (χ0n) is 20.1. The highest BCUT2D eigenvalue weighted by atomic mass is 15.3. The van der Waals surface area contributed by atoms with Crippen LogP contribution in [0.5, 0.6) is 0 Å². The molecule has 2 N–H and O–H groups in total. The van der Waals surface area contributed by atoms with Gasteiger partial charge in [-0.15, -0.1) is 0 Å². The van der Waals surface area contributed by atoms with Crippen molar-refractivity contribution in [2.75, 3.05) is 0 Å². The monoisotopic (exact) mass is 427 g/mol. The maximum Gasteiger partial charge on any atom is 0.0273 e. The Balaban J connectivity index is 1.28. The third-order valence-corrected chi connectivity index (χ3v) is 10.7. The van der Waals surface area contributed by atoms with E-state index in [1.54, 1.807) is 0 Å². The fraction of sp³-hybridized carbons (Fsp3) is 1.00. The van der Waals surface area contributed by atoms with E-state index in [1.165, 1.54) is 122 Å². The first kappa shape index (κ1) is 21.4. The van der Waals surface area contributed by atoms with Crippen LogP contribution in [0.15, 0.2) is 0 Å². The summed E-state index contributed by atoms with van der Waals surface area (Å²) in [7, 11) is 0. The van der Waals surface area contributed by atoms with E-state index in [4.69, 9.17) is 0 Å². The van der Waals surface area contributed by atoms with Gasteiger partial charge in [0.1, 0.15) is 0 Å². The maximum atomic E-state index is 4.38. The minimum atomic E-state index is 0.788. The second-order valence-electron chi connectivity index (χ2n) is 12.4. The molecule has 1 aliphatic heterocycles. The van der Waals surface area contributed by atoms with Crippen molar-refractivity contribution in [3.05, 3.63) is 0 Å². The molecule has 3 heteroatoms. The van der Waals surface area contributed by atoms with Gasteiger partial charge in [-0.25, -0.2) is 0 Å². The predicted molar refractivity (Wildman–Crippen MR) is 129 cm³/mol. The third kappa shape index (κ3) is 4.26. The number of fused-ring (bicyclic) bond motifs is 4. The van der Waals surface area contributed by atoms with Gasteiger partial charge in [0.25, 0.3) is 0 Å². The lowest BCUT2D eigenvalue weighted by molar-refractivity contribution is -0.0874. The van der Waals surface area contributed by atoms with Crippen LogP contribution in [0.3, 0.4) is 0 Å². The second-order valence-corrected chi connectivity index (χ2v) is 12.4. The van der Waals surface area contributed by atoms with E-state index in [2.05, 4.69) is 15.5 Å². The zero-order valence-corrected chi connectivity index (χ0v) is 20.1. The highest BCUT2D eigenvalue weighted by Crippen LogP contribution is 2.47. The van der Waals surface area contributed by atoms with Crippen LogP contribution in [0.1, 0.15) is 122 Å². The Morgan fingerprint density at radius 2 is 1.23 bits per heavy atom. The molecule has 31 heavy (non-hydrogen) atoms. The Morgan fingerprint density at radius 3 is 2.03 bits per heavy atom. The summed E-state index contributed by atoms with van der Waals surface area (Å²) in [6.45, 7) is 0. The first-order valence-corrected chi connectivity index (χ1v) is 14.7. The Hall–Kier alpha value is -0.120. The van der Waals surface area contributed by atoms with Crippen LogP contribution in [0, 0.1) is 11.8 Å². The SMILES string of the molecule is C1CCC(NC2CC3C(NC4CCCCC4N3C3CCCCC3)C3CCCCC23)CC1. The van der Waals surface area contributed by atoms with Gasteiger partial charge in [-0.3, -0.25) is 4.90 Å². The van der Waals surface area contributed by atoms with Crippen molar-refractivity contribution >= 4 is 0 Å². The molecule has 6 fully saturated rings. The summed E-state index contributed by atoms with van der Waals surface area (Å²) in [5.74, 6) is 1.88. The highest BCUT2D eigenvalue weighted by molar-refractivity contribution is 5.11. The van der Waals surface area contributed by atoms with Gasteiger partial charge in [0.15, 0.2) is 0 Å². The number of rotatable bonds is 3. The highest BCUT2D eigenvalue weighted by Gasteiger charge is 2.54. The molecule has 6 aliphatic rings. The van der Waals surface area contributed by atoms with Gasteiger partial charge in [-0.05, 0) is 69.6 Å². The first-order chi connectivity index (χ1) is 15.4. The van der Waals surface area contributed by atoms with Gasteiger partial charge in [-0.1, -0.05) is 64.2 Å². The van der Waals surface area contributed by atoms with Crippen molar-refractivity contribution in [3.8, 4) is 0 Å². The van der Waals surface area contributed by atoms with Crippen LogP contribution in [0.25, 0.3) is 0 Å². The number of piperazine rings is 1. The van der Waals surface area contributed by atoms with E-state index >= 15 is 0 Å². The standard InChI is InChI=1S/C28H49N3/c1-3-11-20(12-4-1)29-25-19-27-28(23-16-8-7-15-22(23)25)30-24-17-9-10-18-26(24)31(27)21-13-5-2-6-14-21/h20-30H,1-19H2. The van der Waals surface area contributed by atoms with E-state index < -0.39 is 0 Å². The quantitative estimate of drug-likeness (QED) is 0.598. The van der Waals surface area contributed by atoms with Crippen LogP contribution >= 0.6 is 0 Å². The second kappa shape index (κ2) is 9.63. The van der Waals surface area contributed by atoms with Gasteiger partial charge in [-0.2, -0.15) is 0 Å². The van der Waals surface area contributed by atoms with Crippen molar-refractivity contribution in [2.24, 2.45) is 11.8 Å². The summed E-state index contributed by atoms with van der Waals surface area (Å²) in [4.78, 5) is 3.21. The predicted octanol–water partition coefficient (Wildman–Crippen LogP) is 5.77. The lowest BCUT2D eigenvalue weighted by atomic mass is 9.61. The van der Waals surface area contributed by atoms with E-state index in [-0.39, 0.29) is 0 Å². The van der Waals surface area contributed by atoms with Crippen molar-refractivity contribution in [1.29, 1.82) is 0 Å². The zero-order chi connectivity index (χ0) is 20.6. The molecule has 3 nitrogen and oxygen atoms in total. The molecule has 0 aromatic rings. The third-order valence-electron chi connectivity index (χ3n) is 10.7. The van der Waals surface area contributed by atoms with Gasteiger partial charge >= 0.3 is 0 Å². The molecule has 7 unspecified atom stereocenters. The van der Waals surface area contributed by atoms with Crippen molar-refractivity contribution < 1.29 is 0 Å². The summed E-state index contributed by atoms with van der Waals surface area (Å²) >= 11 is 0. The number of nitrogens with one attached hydrogen (secondary N) is 2. The smallest absolute Gasteiger partial charge is 0.0273 e. The van der Waals surface area contributed by atoms with Crippen LogP contribution in [-0.4, -0.2) is 47.2 Å². The molecule has 0 bridgehead atoms. The van der Waals surface area contributed by atoms with E-state index in [0.29, 0.717) is 0 Å². The number of hydrogen-bond donors (Lipinski definition) is 2. The molecule has 176 valence electrons. The van der Waals surface area contributed by atoms with E-state index in [9.17, 15) is 0 Å². The van der Waals surface area contributed by atoms with Crippen LogP contribution in [-0.2, 0) is 0 Å². The lowest BCUT2D eigenvalue weighted by Crippen LogP contribution is -2.75. The Morgan fingerprint density at radius 1 is 0.581 bits per heavy atom. The molecule has 0 radical (unpaired) electrons. The molecule has 0 aromatic heterocycles. The van der Waals surface area contributed by atoms with Crippen molar-refractivity contribution in [2.45, 2.75) is 164 Å². The molecule has 6 rings (SSSR count). The van der Waals surface area contributed by atoms with Crippen LogP contribution in [0.2, 0.25) is 0 Å². The minimum absolute atomic E-state index is 0.788. The maximum absolute atomic E-state index is 4.38. The van der Waals surface area contributed by atoms with Gasteiger partial charge in [0.05, 0.1) is 0 Å². The minimum Gasteiger partial charge on any atom is -0.311 e. The average Bonchev–Trinajstić information content (AvgIpc) is 2.84. The molecule has 0 aromatic carbocycles. The van der Waals surface area contributed by atoms with Crippen LogP contribution in [0.4, 0.5) is 0 Å². The van der Waals surface area contributed by atoms with Gasteiger partial charge in [0, 0.05) is 42.3 Å². The average molecular weight is 428 g/mol. The summed E-state index contributed by atoms with van der Waals surface area (Å²) < 4.78 is 0. The molecule has 0 spiro atoms. The molecule has 7 atom stereocenters. The Bertz CT molecular complexity index is 581. The van der Waals surface area contributed by atoms with Gasteiger partial charge < -0.3 is 10.6 Å². The van der Waals surface area contributed by atoms with E-state index in [0.717, 1.165) is 54.1 Å². The van der Waals surface area contributed by atoms with Crippen molar-refractivity contribution in [1.82, 2.24) is 15.5 Å². The van der Waals surface area contributed by atoms with Crippen molar-refractivity contribution in [3.63, 3.8) is 0 Å². The molecule has 5 aliphatic carbocycles. The molecule has 0 amide bonds. The lowest BCUT2D eigenvalue weighted by Gasteiger charge is -2.62. The topological polar surface area (TPSA) is 27.3 Å². The Kier molecular flexibility index (Phi) is 6.65. The molecular weight excluding hydrogens is 378 g/mol. The summed E-state index contributed by atoms with van der Waals surface area (Å²) in [5, 5.41) is 8.71. The fourth-order valence-electron chi connectivity index (χ4n) is 9.38. The van der Waals surface area contributed by atoms with Gasteiger partial charge in [0.2, 0.25) is 0 Å². The molecular formula is C28H49N3. The summed E-state index contributed by atoms with van der Waals surface area (Å²) in [6, 6.07) is 5.74. The number of hydrogen-bond acceptors (Lipinski definition) is 3. The summed E-state index contributed by atoms with van der Waals surface area (Å²) in [5.41, 5.74) is 0. The molecule has 1 heterocycles. The Labute approximate surface area is 191 Å². The molecule has 1 saturated heterocycles. The van der Waals surface area contributed by atoms with Crippen LogP contribution < -0.4 is 10.6 Å². The normalized spacial score (nSPS) is 45.5. The molecule has 5 saturated carbocycles. The first-order valence-electron chi connectivity index (χ1n) is 14.7. The van der Waals surface area contributed by atoms with E-state index in [1.807, 2.05) is 0 Å². The number of nitrogens with zero attached hydrogens (tertiary/aromatic N) is 1. The fourth-order valence-corrected chi connectivity index (χ4v) is 9.38.